The third kappa shape index (κ3) is 3.91. The molecule has 1 spiro atoms. The number of benzene rings is 2. The van der Waals surface area contributed by atoms with Gasteiger partial charge in [0, 0.05) is 36.2 Å². The lowest BCUT2D eigenvalue weighted by Crippen LogP contribution is -2.46. The number of aliphatic hydroxyl groups excluding tert-OH is 1. The Morgan fingerprint density at radius 1 is 1.13 bits per heavy atom. The lowest BCUT2D eigenvalue weighted by molar-refractivity contribution is -0.123. The van der Waals surface area contributed by atoms with Gasteiger partial charge in [0.1, 0.15) is 24.7 Å². The van der Waals surface area contributed by atoms with E-state index in [1.54, 1.807) is 24.3 Å². The van der Waals surface area contributed by atoms with Gasteiger partial charge in [-0.2, -0.15) is 0 Å². The van der Waals surface area contributed by atoms with E-state index in [2.05, 4.69) is 6.07 Å². The molecule has 7 heteroatoms. The molecule has 0 unspecified atom stereocenters. The van der Waals surface area contributed by atoms with Gasteiger partial charge in [0.25, 0.3) is 5.91 Å². The first-order valence-corrected chi connectivity index (χ1v) is 10.2. The summed E-state index contributed by atoms with van der Waals surface area (Å²) in [7, 11) is 0. The van der Waals surface area contributed by atoms with Gasteiger partial charge in [0.2, 0.25) is 0 Å². The number of nitrogens with zero attached hydrogens (tertiary/aromatic N) is 1. The predicted octanol–water partition coefficient (Wildman–Crippen LogP) is 1.65. The van der Waals surface area contributed by atoms with E-state index in [9.17, 15) is 9.59 Å². The summed E-state index contributed by atoms with van der Waals surface area (Å²) in [5.74, 6) is 1.01. The highest BCUT2D eigenvalue weighted by Crippen LogP contribution is 2.46. The molecule has 0 bridgehead atoms. The van der Waals surface area contributed by atoms with Crippen molar-refractivity contribution >= 4 is 11.7 Å². The third-order valence-electron chi connectivity index (χ3n) is 6.04. The number of hydrogen-bond donors (Lipinski definition) is 2. The van der Waals surface area contributed by atoms with Gasteiger partial charge in [-0.1, -0.05) is 12.1 Å². The maximum Gasteiger partial charge on any atom is 0.253 e. The summed E-state index contributed by atoms with van der Waals surface area (Å²) in [6.45, 7) is 1.75. The minimum absolute atomic E-state index is 0.0160. The SMILES string of the molecule is NCc1ccc2c(c1)C1(CCN(C(=O)c3ccc(OCC(=O)CO)cc3)CC1)CO2. The fourth-order valence-electron chi connectivity index (χ4n) is 4.18. The van der Waals surface area contributed by atoms with Gasteiger partial charge in [-0.05, 0) is 48.7 Å². The Bertz CT molecular complexity index is 933. The average Bonchev–Trinajstić information content (AvgIpc) is 3.15. The molecule has 2 aromatic carbocycles. The van der Waals surface area contributed by atoms with Crippen LogP contribution in [-0.2, 0) is 16.8 Å². The van der Waals surface area contributed by atoms with Crippen molar-refractivity contribution in [2.75, 3.05) is 32.9 Å². The van der Waals surface area contributed by atoms with E-state index in [1.807, 2.05) is 17.0 Å². The van der Waals surface area contributed by atoms with Crippen LogP contribution < -0.4 is 15.2 Å². The molecule has 0 aromatic heterocycles. The van der Waals surface area contributed by atoms with Crippen LogP contribution in [0.3, 0.4) is 0 Å². The first kappa shape index (κ1) is 20.4. The van der Waals surface area contributed by atoms with Crippen LogP contribution in [-0.4, -0.2) is 54.6 Å². The normalized spacial score (nSPS) is 16.8. The zero-order chi connectivity index (χ0) is 21.1. The van der Waals surface area contributed by atoms with Gasteiger partial charge in [0.15, 0.2) is 5.78 Å². The Labute approximate surface area is 175 Å². The van der Waals surface area contributed by atoms with Gasteiger partial charge in [-0.3, -0.25) is 9.59 Å². The number of amides is 1. The van der Waals surface area contributed by atoms with E-state index < -0.39 is 12.4 Å². The van der Waals surface area contributed by atoms with Gasteiger partial charge in [0.05, 0.1) is 6.61 Å². The van der Waals surface area contributed by atoms with E-state index >= 15 is 0 Å². The highest BCUT2D eigenvalue weighted by atomic mass is 16.5. The number of piperidine rings is 1. The standard InChI is InChI=1S/C23H26N2O5/c24-12-16-1-6-21-20(11-16)23(15-30-21)7-9-25(10-8-23)22(28)17-2-4-19(5-3-17)29-14-18(27)13-26/h1-6,11,26H,7-10,12-15,24H2. The predicted molar refractivity (Wildman–Crippen MR) is 111 cm³/mol. The number of aliphatic hydroxyl groups is 1. The smallest absolute Gasteiger partial charge is 0.253 e. The van der Waals surface area contributed by atoms with E-state index in [1.165, 1.54) is 5.56 Å². The van der Waals surface area contributed by atoms with Crippen LogP contribution >= 0.6 is 0 Å². The molecule has 1 amide bonds. The molecule has 0 radical (unpaired) electrons. The summed E-state index contributed by atoms with van der Waals surface area (Å²) in [5, 5.41) is 8.74. The molecule has 2 aliphatic rings. The number of Topliss-reactive ketones (excluding diaryl/α,β-unsaturated/α-hetero) is 1. The van der Waals surface area contributed by atoms with Gasteiger partial charge < -0.3 is 25.2 Å². The van der Waals surface area contributed by atoms with Crippen LogP contribution in [0.5, 0.6) is 11.5 Å². The van der Waals surface area contributed by atoms with Gasteiger partial charge in [-0.15, -0.1) is 0 Å². The summed E-state index contributed by atoms with van der Waals surface area (Å²) < 4.78 is 11.2. The number of rotatable bonds is 6. The molecule has 3 N–H and O–H groups in total. The highest BCUT2D eigenvalue weighted by molar-refractivity contribution is 5.94. The van der Waals surface area contributed by atoms with Crippen molar-refractivity contribution in [2.24, 2.45) is 5.73 Å². The van der Waals surface area contributed by atoms with Gasteiger partial charge >= 0.3 is 0 Å². The third-order valence-corrected chi connectivity index (χ3v) is 6.04. The molecule has 0 saturated carbocycles. The topological polar surface area (TPSA) is 102 Å². The number of nitrogens with two attached hydrogens (primary N) is 1. The van der Waals surface area contributed by atoms with Crippen LogP contribution in [0.25, 0.3) is 0 Å². The van der Waals surface area contributed by atoms with Crippen LogP contribution in [0.1, 0.15) is 34.3 Å². The molecular formula is C23H26N2O5. The van der Waals surface area contributed by atoms with Crippen molar-refractivity contribution in [2.45, 2.75) is 24.8 Å². The first-order valence-electron chi connectivity index (χ1n) is 10.2. The van der Waals surface area contributed by atoms with Crippen LogP contribution in [0.4, 0.5) is 0 Å². The number of hydrogen-bond acceptors (Lipinski definition) is 6. The maximum absolute atomic E-state index is 12.9. The molecule has 2 aromatic rings. The first-order chi connectivity index (χ1) is 14.5. The molecule has 7 nitrogen and oxygen atoms in total. The summed E-state index contributed by atoms with van der Waals surface area (Å²) in [4.78, 5) is 25.9. The molecular weight excluding hydrogens is 384 g/mol. The van der Waals surface area contributed by atoms with E-state index in [-0.39, 0.29) is 17.9 Å². The lowest BCUT2D eigenvalue weighted by atomic mass is 9.74. The lowest BCUT2D eigenvalue weighted by Gasteiger charge is -2.38. The number of carbonyl (C=O) groups is 2. The Morgan fingerprint density at radius 2 is 1.87 bits per heavy atom. The molecule has 0 aliphatic carbocycles. The molecule has 4 rings (SSSR count). The zero-order valence-corrected chi connectivity index (χ0v) is 16.8. The molecule has 30 heavy (non-hydrogen) atoms. The second-order valence-electron chi connectivity index (χ2n) is 7.91. The van der Waals surface area contributed by atoms with Crippen LogP contribution in [0.15, 0.2) is 42.5 Å². The van der Waals surface area contributed by atoms with Crippen molar-refractivity contribution in [1.29, 1.82) is 0 Å². The summed E-state index contributed by atoms with van der Waals surface area (Å²) in [6, 6.07) is 12.9. The monoisotopic (exact) mass is 410 g/mol. The quantitative estimate of drug-likeness (QED) is 0.751. The van der Waals surface area contributed by atoms with Crippen molar-refractivity contribution in [3.05, 3.63) is 59.2 Å². The second kappa shape index (κ2) is 8.45. The maximum atomic E-state index is 12.9. The number of fused-ring (bicyclic) bond motifs is 2. The van der Waals surface area contributed by atoms with E-state index in [0.29, 0.717) is 37.6 Å². The van der Waals surface area contributed by atoms with E-state index in [0.717, 1.165) is 24.2 Å². The average molecular weight is 410 g/mol. The van der Waals surface area contributed by atoms with E-state index in [4.69, 9.17) is 20.3 Å². The highest BCUT2D eigenvalue weighted by Gasteiger charge is 2.43. The van der Waals surface area contributed by atoms with Crippen LogP contribution in [0, 0.1) is 0 Å². The number of ether oxygens (including phenoxy) is 2. The van der Waals surface area contributed by atoms with Crippen LogP contribution in [0.2, 0.25) is 0 Å². The fraction of sp³-hybridized carbons (Fsp3) is 0.391. The Kier molecular flexibility index (Phi) is 5.74. The Balaban J connectivity index is 1.39. The zero-order valence-electron chi connectivity index (χ0n) is 16.8. The van der Waals surface area contributed by atoms with Crippen molar-refractivity contribution < 1.29 is 24.2 Å². The molecule has 0 atom stereocenters. The summed E-state index contributed by atoms with van der Waals surface area (Å²) >= 11 is 0. The minimum atomic E-state index is -0.546. The number of carbonyl (C=O) groups excluding carboxylic acids is 2. The van der Waals surface area contributed by atoms with Crippen molar-refractivity contribution in [1.82, 2.24) is 4.90 Å². The van der Waals surface area contributed by atoms with Crippen molar-refractivity contribution in [3.8, 4) is 11.5 Å². The summed E-state index contributed by atoms with van der Waals surface area (Å²) in [5.41, 5.74) is 8.66. The number of likely N-dealkylation sites (tertiary alicyclic amines) is 1. The molecule has 2 heterocycles. The molecule has 1 fully saturated rings. The van der Waals surface area contributed by atoms with Gasteiger partial charge in [-0.25, -0.2) is 0 Å². The number of ketones is 1. The fourth-order valence-corrected chi connectivity index (χ4v) is 4.18. The Morgan fingerprint density at radius 3 is 2.53 bits per heavy atom. The minimum Gasteiger partial charge on any atom is -0.492 e. The summed E-state index contributed by atoms with van der Waals surface area (Å²) in [6.07, 6.45) is 1.70. The molecule has 2 aliphatic heterocycles. The molecule has 1 saturated heterocycles. The largest absolute Gasteiger partial charge is 0.492 e. The molecule has 158 valence electrons. The van der Waals surface area contributed by atoms with Crippen molar-refractivity contribution in [3.63, 3.8) is 0 Å². The second-order valence-corrected chi connectivity index (χ2v) is 7.91. The Hall–Kier alpha value is -2.90.